The van der Waals surface area contributed by atoms with Gasteiger partial charge in [0.05, 0.1) is 0 Å². The predicted molar refractivity (Wildman–Crippen MR) is 252 cm³/mol. The monoisotopic (exact) mass is 827 g/mol. The maximum Gasteiger partial charge on any atom is 0.306 e. The molecule has 0 heterocycles. The van der Waals surface area contributed by atoms with E-state index in [1.807, 2.05) is 0 Å². The highest BCUT2D eigenvalue weighted by Crippen LogP contribution is 2.16. The van der Waals surface area contributed by atoms with E-state index in [2.05, 4.69) is 69.4 Å². The fourth-order valence-electron chi connectivity index (χ4n) is 7.08. The minimum absolute atomic E-state index is 0.0810. The third-order valence-electron chi connectivity index (χ3n) is 10.8. The van der Waals surface area contributed by atoms with Crippen molar-refractivity contribution in [1.82, 2.24) is 0 Å². The van der Waals surface area contributed by atoms with E-state index in [1.165, 1.54) is 109 Å². The first kappa shape index (κ1) is 56.4. The molecule has 0 saturated heterocycles. The van der Waals surface area contributed by atoms with Gasteiger partial charge in [-0.25, -0.2) is 0 Å². The number of unbranched alkanes of at least 4 members (excludes halogenated alkanes) is 26. The van der Waals surface area contributed by atoms with E-state index in [9.17, 15) is 14.4 Å². The van der Waals surface area contributed by atoms with Crippen molar-refractivity contribution in [2.24, 2.45) is 0 Å². The molecule has 0 N–H and O–H groups in total. The van der Waals surface area contributed by atoms with E-state index in [0.29, 0.717) is 19.3 Å². The van der Waals surface area contributed by atoms with Gasteiger partial charge in [0.25, 0.3) is 0 Å². The minimum atomic E-state index is -0.779. The molecule has 0 saturated carbocycles. The Hall–Kier alpha value is -2.63. The molecule has 0 aliphatic rings. The van der Waals surface area contributed by atoms with E-state index in [4.69, 9.17) is 14.2 Å². The van der Waals surface area contributed by atoms with Gasteiger partial charge in [-0.1, -0.05) is 223 Å². The summed E-state index contributed by atoms with van der Waals surface area (Å²) < 4.78 is 16.6. The molecule has 0 spiro atoms. The van der Waals surface area contributed by atoms with Crippen LogP contribution in [0.5, 0.6) is 0 Å². The van der Waals surface area contributed by atoms with Gasteiger partial charge in [-0.3, -0.25) is 14.4 Å². The normalized spacial score (nSPS) is 12.4. The number of ether oxygens (including phenoxy) is 3. The van der Waals surface area contributed by atoms with Crippen molar-refractivity contribution in [1.29, 1.82) is 0 Å². The standard InChI is InChI=1S/C53H94O6/c1-4-7-10-13-15-17-19-21-23-25-26-28-29-31-33-35-37-40-43-46-52(55)58-49-50(48-57-51(54)45-42-39-12-9-6-3)59-53(56)47-44-41-38-36-34-32-30-27-24-22-20-18-16-14-11-8-5-2/h8,11,16,18,22,24,30,32,50H,4-7,9-10,12-15,17,19-21,23,25-29,31,33-49H2,1-3H3/b11-8-,18-16-,24-22-,32-30-. The average Bonchev–Trinajstić information content (AvgIpc) is 3.23. The zero-order chi connectivity index (χ0) is 43.0. The van der Waals surface area contributed by atoms with E-state index >= 15 is 0 Å². The molecule has 0 aliphatic heterocycles. The number of hydrogen-bond acceptors (Lipinski definition) is 6. The van der Waals surface area contributed by atoms with Crippen molar-refractivity contribution in [3.63, 3.8) is 0 Å². The first-order chi connectivity index (χ1) is 29.0. The number of allylic oxidation sites excluding steroid dienone is 8. The molecule has 0 aliphatic carbocycles. The van der Waals surface area contributed by atoms with E-state index < -0.39 is 6.10 Å². The first-order valence-electron chi connectivity index (χ1n) is 25.1. The molecular weight excluding hydrogens is 733 g/mol. The summed E-state index contributed by atoms with van der Waals surface area (Å²) in [6, 6.07) is 0. The summed E-state index contributed by atoms with van der Waals surface area (Å²) in [5.41, 5.74) is 0. The van der Waals surface area contributed by atoms with E-state index in [0.717, 1.165) is 103 Å². The fraction of sp³-hybridized carbons (Fsp3) is 0.792. The van der Waals surface area contributed by atoms with E-state index in [-0.39, 0.29) is 31.1 Å². The maximum absolute atomic E-state index is 12.7. The largest absolute Gasteiger partial charge is 0.462 e. The third kappa shape index (κ3) is 46.3. The zero-order valence-electron chi connectivity index (χ0n) is 39.0. The lowest BCUT2D eigenvalue weighted by atomic mass is 10.0. The number of carbonyl (C=O) groups excluding carboxylic acids is 3. The molecule has 0 rings (SSSR count). The Balaban J connectivity index is 4.18. The van der Waals surface area contributed by atoms with Gasteiger partial charge in [-0.2, -0.15) is 0 Å². The van der Waals surface area contributed by atoms with Gasteiger partial charge in [0.1, 0.15) is 13.2 Å². The Morgan fingerprint density at radius 2 is 0.661 bits per heavy atom. The zero-order valence-corrected chi connectivity index (χ0v) is 39.0. The molecule has 0 bridgehead atoms. The van der Waals surface area contributed by atoms with Crippen LogP contribution in [-0.4, -0.2) is 37.2 Å². The number of carbonyl (C=O) groups is 3. The Morgan fingerprint density at radius 1 is 0.356 bits per heavy atom. The SMILES string of the molecule is CC/C=C\C/C=C\C/C=C\C/C=C\CCCCCCC(=O)OC(COC(=O)CCCCCCC)COC(=O)CCCCCCCCCCCCCCCCCCCCC. The molecule has 0 fully saturated rings. The highest BCUT2D eigenvalue weighted by atomic mass is 16.6. The lowest BCUT2D eigenvalue weighted by molar-refractivity contribution is -0.167. The van der Waals surface area contributed by atoms with Crippen LogP contribution in [0.1, 0.15) is 252 Å². The predicted octanol–water partition coefficient (Wildman–Crippen LogP) is 16.3. The highest BCUT2D eigenvalue weighted by Gasteiger charge is 2.19. The number of rotatable bonds is 45. The Bertz CT molecular complexity index is 1040. The first-order valence-corrected chi connectivity index (χ1v) is 25.1. The topological polar surface area (TPSA) is 78.9 Å². The van der Waals surface area contributed by atoms with Crippen molar-refractivity contribution in [2.45, 2.75) is 258 Å². The summed E-state index contributed by atoms with van der Waals surface area (Å²) in [5, 5.41) is 0. The summed E-state index contributed by atoms with van der Waals surface area (Å²) in [7, 11) is 0. The number of esters is 3. The fourth-order valence-corrected chi connectivity index (χ4v) is 7.08. The molecule has 0 amide bonds. The molecular formula is C53H94O6. The second kappa shape index (κ2) is 48.0. The van der Waals surface area contributed by atoms with Gasteiger partial charge in [-0.05, 0) is 57.8 Å². The summed E-state index contributed by atoms with van der Waals surface area (Å²) in [5.74, 6) is -0.913. The second-order valence-electron chi connectivity index (χ2n) is 16.7. The van der Waals surface area contributed by atoms with Crippen LogP contribution >= 0.6 is 0 Å². The lowest BCUT2D eigenvalue weighted by Gasteiger charge is -2.18. The van der Waals surface area contributed by atoms with Gasteiger partial charge in [0.2, 0.25) is 0 Å². The molecule has 0 aromatic heterocycles. The van der Waals surface area contributed by atoms with Crippen LogP contribution in [0.25, 0.3) is 0 Å². The van der Waals surface area contributed by atoms with Crippen molar-refractivity contribution >= 4 is 17.9 Å². The van der Waals surface area contributed by atoms with Crippen molar-refractivity contribution < 1.29 is 28.6 Å². The molecule has 6 nitrogen and oxygen atoms in total. The summed E-state index contributed by atoms with van der Waals surface area (Å²) in [6.07, 6.45) is 57.1. The van der Waals surface area contributed by atoms with Crippen molar-refractivity contribution in [3.8, 4) is 0 Å². The van der Waals surface area contributed by atoms with Crippen LogP contribution < -0.4 is 0 Å². The van der Waals surface area contributed by atoms with Crippen LogP contribution in [0.15, 0.2) is 48.6 Å². The molecule has 342 valence electrons. The number of hydrogen-bond donors (Lipinski definition) is 0. The van der Waals surface area contributed by atoms with Crippen LogP contribution in [-0.2, 0) is 28.6 Å². The average molecular weight is 827 g/mol. The van der Waals surface area contributed by atoms with Crippen molar-refractivity contribution in [2.75, 3.05) is 13.2 Å². The smallest absolute Gasteiger partial charge is 0.306 e. The molecule has 1 atom stereocenters. The van der Waals surface area contributed by atoms with Gasteiger partial charge in [0.15, 0.2) is 6.10 Å². The Morgan fingerprint density at radius 3 is 1.03 bits per heavy atom. The Kier molecular flexibility index (Phi) is 45.9. The maximum atomic E-state index is 12.7. The second-order valence-corrected chi connectivity index (χ2v) is 16.7. The molecule has 6 heteroatoms. The van der Waals surface area contributed by atoms with Gasteiger partial charge >= 0.3 is 17.9 Å². The lowest BCUT2D eigenvalue weighted by Crippen LogP contribution is -2.30. The van der Waals surface area contributed by atoms with E-state index in [1.54, 1.807) is 0 Å². The van der Waals surface area contributed by atoms with Crippen molar-refractivity contribution in [3.05, 3.63) is 48.6 Å². The van der Waals surface area contributed by atoms with Crippen LogP contribution in [0.4, 0.5) is 0 Å². The molecule has 0 aromatic rings. The van der Waals surface area contributed by atoms with Gasteiger partial charge < -0.3 is 14.2 Å². The Labute approximate surface area is 365 Å². The van der Waals surface area contributed by atoms with Crippen LogP contribution in [0.3, 0.4) is 0 Å². The molecule has 0 aromatic carbocycles. The van der Waals surface area contributed by atoms with Crippen LogP contribution in [0, 0.1) is 0 Å². The summed E-state index contributed by atoms with van der Waals surface area (Å²) >= 11 is 0. The quantitative estimate of drug-likeness (QED) is 0.0263. The van der Waals surface area contributed by atoms with Gasteiger partial charge in [0, 0.05) is 19.3 Å². The summed E-state index contributed by atoms with van der Waals surface area (Å²) in [4.78, 5) is 37.6. The molecule has 59 heavy (non-hydrogen) atoms. The third-order valence-corrected chi connectivity index (χ3v) is 10.8. The highest BCUT2D eigenvalue weighted by molar-refractivity contribution is 5.71. The molecule has 1 unspecified atom stereocenters. The van der Waals surface area contributed by atoms with Crippen LogP contribution in [0.2, 0.25) is 0 Å². The molecule has 0 radical (unpaired) electrons. The summed E-state index contributed by atoms with van der Waals surface area (Å²) in [6.45, 7) is 6.44. The van der Waals surface area contributed by atoms with Gasteiger partial charge in [-0.15, -0.1) is 0 Å². The minimum Gasteiger partial charge on any atom is -0.462 e.